The van der Waals surface area contributed by atoms with Crippen LogP contribution in [0.1, 0.15) is 5.56 Å². The van der Waals surface area contributed by atoms with Crippen LogP contribution in [0.2, 0.25) is 0 Å². The standard InChI is InChI=1S/C12H15N5O/c18-6-5-14-11-7-12(17-9-16-11)15-8-10-1-3-13-4-2-10/h1-4,7,9,18H,5-6,8H2,(H2,14,15,16,17). The first kappa shape index (κ1) is 12.3. The summed E-state index contributed by atoms with van der Waals surface area (Å²) in [6, 6.07) is 5.69. The van der Waals surface area contributed by atoms with Crippen LogP contribution in [0.15, 0.2) is 36.9 Å². The van der Waals surface area contributed by atoms with Gasteiger partial charge in [0.15, 0.2) is 0 Å². The molecule has 0 aliphatic rings. The monoisotopic (exact) mass is 245 g/mol. The lowest BCUT2D eigenvalue weighted by molar-refractivity contribution is 0.311. The highest BCUT2D eigenvalue weighted by molar-refractivity contribution is 5.46. The summed E-state index contributed by atoms with van der Waals surface area (Å²) < 4.78 is 0. The van der Waals surface area contributed by atoms with E-state index in [1.807, 2.05) is 12.1 Å². The third-order valence-corrected chi connectivity index (χ3v) is 2.31. The lowest BCUT2D eigenvalue weighted by Crippen LogP contribution is -2.08. The number of aliphatic hydroxyl groups is 1. The van der Waals surface area contributed by atoms with E-state index in [0.717, 1.165) is 11.4 Å². The second-order valence-corrected chi connectivity index (χ2v) is 3.65. The molecule has 2 rings (SSSR count). The highest BCUT2D eigenvalue weighted by Crippen LogP contribution is 2.09. The smallest absolute Gasteiger partial charge is 0.131 e. The number of hydrogen-bond donors (Lipinski definition) is 3. The summed E-state index contributed by atoms with van der Waals surface area (Å²) >= 11 is 0. The van der Waals surface area contributed by atoms with Gasteiger partial charge in [0.1, 0.15) is 18.0 Å². The van der Waals surface area contributed by atoms with Crippen LogP contribution in [-0.2, 0) is 6.54 Å². The highest BCUT2D eigenvalue weighted by Gasteiger charge is 1.98. The van der Waals surface area contributed by atoms with E-state index in [2.05, 4.69) is 25.6 Å². The van der Waals surface area contributed by atoms with E-state index >= 15 is 0 Å². The van der Waals surface area contributed by atoms with Crippen molar-refractivity contribution in [2.75, 3.05) is 23.8 Å². The summed E-state index contributed by atoms with van der Waals surface area (Å²) in [4.78, 5) is 12.1. The molecule has 2 aromatic heterocycles. The van der Waals surface area contributed by atoms with Gasteiger partial charge in [-0.15, -0.1) is 0 Å². The minimum absolute atomic E-state index is 0.0732. The van der Waals surface area contributed by atoms with Crippen molar-refractivity contribution < 1.29 is 5.11 Å². The summed E-state index contributed by atoms with van der Waals surface area (Å²) in [5, 5.41) is 14.9. The zero-order valence-corrected chi connectivity index (χ0v) is 9.87. The van der Waals surface area contributed by atoms with Crippen LogP contribution in [-0.4, -0.2) is 33.2 Å². The van der Waals surface area contributed by atoms with Gasteiger partial charge in [0.25, 0.3) is 0 Å². The van der Waals surface area contributed by atoms with Crippen molar-refractivity contribution in [2.45, 2.75) is 6.54 Å². The summed E-state index contributed by atoms with van der Waals surface area (Å²) in [5.41, 5.74) is 1.13. The zero-order chi connectivity index (χ0) is 12.6. The Morgan fingerprint density at radius 2 is 1.78 bits per heavy atom. The molecule has 0 saturated heterocycles. The molecule has 0 saturated carbocycles. The maximum atomic E-state index is 8.72. The second-order valence-electron chi connectivity index (χ2n) is 3.65. The van der Waals surface area contributed by atoms with E-state index in [9.17, 15) is 0 Å². The number of hydrogen-bond acceptors (Lipinski definition) is 6. The first-order chi connectivity index (χ1) is 8.88. The molecule has 94 valence electrons. The average molecular weight is 245 g/mol. The van der Waals surface area contributed by atoms with E-state index in [1.54, 1.807) is 18.5 Å². The highest BCUT2D eigenvalue weighted by atomic mass is 16.3. The summed E-state index contributed by atoms with van der Waals surface area (Å²) in [7, 11) is 0. The molecule has 0 aromatic carbocycles. The van der Waals surface area contributed by atoms with E-state index < -0.39 is 0 Å². The van der Waals surface area contributed by atoms with Gasteiger partial charge in [-0.3, -0.25) is 4.98 Å². The van der Waals surface area contributed by atoms with Crippen molar-refractivity contribution in [1.29, 1.82) is 0 Å². The topological polar surface area (TPSA) is 83.0 Å². The van der Waals surface area contributed by atoms with Crippen LogP contribution in [0.4, 0.5) is 11.6 Å². The van der Waals surface area contributed by atoms with E-state index in [4.69, 9.17) is 5.11 Å². The Morgan fingerprint density at radius 3 is 2.50 bits per heavy atom. The molecule has 3 N–H and O–H groups in total. The number of anilines is 2. The molecule has 0 unspecified atom stereocenters. The fraction of sp³-hybridized carbons (Fsp3) is 0.250. The fourth-order valence-electron chi connectivity index (χ4n) is 1.43. The first-order valence-corrected chi connectivity index (χ1v) is 5.68. The molecule has 0 aliphatic heterocycles. The minimum Gasteiger partial charge on any atom is -0.395 e. The van der Waals surface area contributed by atoms with Gasteiger partial charge in [-0.05, 0) is 17.7 Å². The number of pyridine rings is 1. The Balaban J connectivity index is 1.93. The van der Waals surface area contributed by atoms with Gasteiger partial charge >= 0.3 is 0 Å². The molecule has 2 aromatic rings. The Bertz CT molecular complexity index is 477. The number of nitrogens with zero attached hydrogens (tertiary/aromatic N) is 3. The minimum atomic E-state index is 0.0732. The molecule has 0 aliphatic carbocycles. The number of aromatic nitrogens is 3. The van der Waals surface area contributed by atoms with E-state index in [0.29, 0.717) is 18.9 Å². The van der Waals surface area contributed by atoms with Crippen LogP contribution in [0, 0.1) is 0 Å². The second kappa shape index (κ2) is 6.51. The van der Waals surface area contributed by atoms with Crippen molar-refractivity contribution in [1.82, 2.24) is 15.0 Å². The Hall–Kier alpha value is -2.21. The quantitative estimate of drug-likeness (QED) is 0.701. The molecule has 18 heavy (non-hydrogen) atoms. The van der Waals surface area contributed by atoms with Crippen LogP contribution < -0.4 is 10.6 Å². The van der Waals surface area contributed by atoms with E-state index in [-0.39, 0.29) is 6.61 Å². The molecular formula is C12H15N5O. The molecule has 2 heterocycles. The fourth-order valence-corrected chi connectivity index (χ4v) is 1.43. The third-order valence-electron chi connectivity index (χ3n) is 2.31. The van der Waals surface area contributed by atoms with Gasteiger partial charge in [0.2, 0.25) is 0 Å². The van der Waals surface area contributed by atoms with Crippen molar-refractivity contribution in [3.63, 3.8) is 0 Å². The summed E-state index contributed by atoms with van der Waals surface area (Å²) in [6.45, 7) is 1.23. The zero-order valence-electron chi connectivity index (χ0n) is 9.87. The van der Waals surface area contributed by atoms with Crippen molar-refractivity contribution in [2.24, 2.45) is 0 Å². The van der Waals surface area contributed by atoms with Gasteiger partial charge in [-0.1, -0.05) is 0 Å². The molecule has 0 radical (unpaired) electrons. The van der Waals surface area contributed by atoms with Gasteiger partial charge in [0.05, 0.1) is 6.61 Å². The lowest BCUT2D eigenvalue weighted by Gasteiger charge is -2.07. The Kier molecular flexibility index (Phi) is 4.43. The van der Waals surface area contributed by atoms with Crippen molar-refractivity contribution in [3.05, 3.63) is 42.5 Å². The number of rotatable bonds is 6. The predicted molar refractivity (Wildman–Crippen MR) is 69.2 cm³/mol. The van der Waals surface area contributed by atoms with Gasteiger partial charge in [0, 0.05) is 31.5 Å². The van der Waals surface area contributed by atoms with Crippen molar-refractivity contribution in [3.8, 4) is 0 Å². The van der Waals surface area contributed by atoms with Gasteiger partial charge in [-0.25, -0.2) is 9.97 Å². The van der Waals surface area contributed by atoms with Crippen LogP contribution in [0.5, 0.6) is 0 Å². The lowest BCUT2D eigenvalue weighted by atomic mass is 10.3. The van der Waals surface area contributed by atoms with Crippen molar-refractivity contribution >= 4 is 11.6 Å². The average Bonchev–Trinajstić information content (AvgIpc) is 2.44. The van der Waals surface area contributed by atoms with Crippen LogP contribution in [0.25, 0.3) is 0 Å². The molecule has 6 nitrogen and oxygen atoms in total. The molecule has 0 atom stereocenters. The Labute approximate surface area is 105 Å². The first-order valence-electron chi connectivity index (χ1n) is 5.68. The van der Waals surface area contributed by atoms with Gasteiger partial charge in [-0.2, -0.15) is 0 Å². The largest absolute Gasteiger partial charge is 0.395 e. The normalized spacial score (nSPS) is 10.1. The molecule has 0 spiro atoms. The molecule has 0 amide bonds. The maximum absolute atomic E-state index is 8.72. The van der Waals surface area contributed by atoms with Gasteiger partial charge < -0.3 is 15.7 Å². The van der Waals surface area contributed by atoms with Crippen LogP contribution in [0.3, 0.4) is 0 Å². The third kappa shape index (κ3) is 3.67. The SMILES string of the molecule is OCCNc1cc(NCc2ccncc2)ncn1. The molecule has 0 fully saturated rings. The summed E-state index contributed by atoms with van der Waals surface area (Å²) in [5.74, 6) is 1.43. The molecule has 6 heteroatoms. The van der Waals surface area contributed by atoms with Crippen LogP contribution >= 0.6 is 0 Å². The summed E-state index contributed by atoms with van der Waals surface area (Å²) in [6.07, 6.45) is 4.99. The molecule has 0 bridgehead atoms. The number of aliphatic hydroxyl groups excluding tert-OH is 1. The van der Waals surface area contributed by atoms with E-state index in [1.165, 1.54) is 6.33 Å². The number of nitrogens with one attached hydrogen (secondary N) is 2. The predicted octanol–water partition coefficient (Wildman–Crippen LogP) is 0.888. The maximum Gasteiger partial charge on any atom is 0.131 e. The molecular weight excluding hydrogens is 230 g/mol. The Morgan fingerprint density at radius 1 is 1.06 bits per heavy atom.